The summed E-state index contributed by atoms with van der Waals surface area (Å²) < 4.78 is 15.4. The number of benzene rings is 2. The number of phenolic OH excluding ortho intramolecular Hbond substituents is 1. The van der Waals surface area contributed by atoms with E-state index in [0.717, 1.165) is 36.1 Å². The number of carbonyl (C=O) groups excluding carboxylic acids is 1. The van der Waals surface area contributed by atoms with Crippen LogP contribution in [-0.2, 0) is 6.54 Å². The van der Waals surface area contributed by atoms with E-state index in [2.05, 4.69) is 15.2 Å². The normalized spacial score (nSPS) is 19.5. The predicted molar refractivity (Wildman–Crippen MR) is 146 cm³/mol. The monoisotopic (exact) mass is 523 g/mol. The van der Waals surface area contributed by atoms with Gasteiger partial charge in [0.05, 0.1) is 24.3 Å². The quantitative estimate of drug-likeness (QED) is 0.289. The number of anilines is 3. The number of aromatic nitrogens is 3. The van der Waals surface area contributed by atoms with E-state index in [1.807, 2.05) is 28.9 Å². The van der Waals surface area contributed by atoms with E-state index in [9.17, 15) is 14.3 Å². The number of amides is 1. The van der Waals surface area contributed by atoms with Crippen molar-refractivity contribution in [2.24, 2.45) is 4.99 Å². The first-order valence-corrected chi connectivity index (χ1v) is 13.0. The Morgan fingerprint density at radius 3 is 2.62 bits per heavy atom. The molecule has 2 atom stereocenters. The van der Waals surface area contributed by atoms with Crippen LogP contribution in [0.5, 0.6) is 5.75 Å². The van der Waals surface area contributed by atoms with Gasteiger partial charge in [-0.1, -0.05) is 30.3 Å². The number of fused-ring (bicyclic) bond motifs is 5. The number of hydrogen-bond acceptors (Lipinski definition) is 7. The number of aromatic hydroxyl groups is 1. The molecule has 7 rings (SSSR count). The molecular formula is C29H26FN7O2. The molecule has 1 saturated carbocycles. The molecule has 2 unspecified atom stereocenters. The molecule has 2 N–H and O–H groups in total. The summed E-state index contributed by atoms with van der Waals surface area (Å²) in [6, 6.07) is 19.5. The fourth-order valence-electron chi connectivity index (χ4n) is 5.75. The van der Waals surface area contributed by atoms with Crippen molar-refractivity contribution in [1.29, 1.82) is 0 Å². The third-order valence-electron chi connectivity index (χ3n) is 7.68. The second-order valence-electron chi connectivity index (χ2n) is 10.1. The summed E-state index contributed by atoms with van der Waals surface area (Å²) >= 11 is 0. The molecule has 9 nitrogen and oxygen atoms in total. The molecule has 196 valence electrons. The van der Waals surface area contributed by atoms with Gasteiger partial charge in [0, 0.05) is 18.3 Å². The highest BCUT2D eigenvalue weighted by Gasteiger charge is 2.49. The van der Waals surface area contributed by atoms with E-state index < -0.39 is 5.95 Å². The molecule has 2 aliphatic heterocycles. The lowest BCUT2D eigenvalue weighted by atomic mass is 10.1. The molecular weight excluding hydrogens is 497 g/mol. The smallest absolute Gasteiger partial charge is 0.267 e. The van der Waals surface area contributed by atoms with E-state index in [1.165, 1.54) is 6.07 Å². The van der Waals surface area contributed by atoms with Crippen molar-refractivity contribution in [2.75, 3.05) is 17.3 Å². The van der Waals surface area contributed by atoms with E-state index in [1.54, 1.807) is 48.3 Å². The molecule has 1 amide bonds. The van der Waals surface area contributed by atoms with Gasteiger partial charge in [0.25, 0.3) is 5.91 Å². The topological polar surface area (TPSA) is 98.9 Å². The maximum Gasteiger partial charge on any atom is 0.267 e. The Hall–Kier alpha value is -4.73. The zero-order chi connectivity index (χ0) is 26.7. The number of carbonyl (C=O) groups is 1. The van der Waals surface area contributed by atoms with E-state index >= 15 is 0 Å². The summed E-state index contributed by atoms with van der Waals surface area (Å²) in [6.07, 6.45) is 3.11. The summed E-state index contributed by atoms with van der Waals surface area (Å²) in [5.74, 6) is 1.32. The first-order valence-electron chi connectivity index (χ1n) is 13.0. The Bertz CT molecular complexity index is 1610. The van der Waals surface area contributed by atoms with Crippen molar-refractivity contribution < 1.29 is 14.3 Å². The van der Waals surface area contributed by atoms with Gasteiger partial charge in [0.2, 0.25) is 11.9 Å². The van der Waals surface area contributed by atoms with Crippen molar-refractivity contribution in [1.82, 2.24) is 19.7 Å². The number of pyridine rings is 1. The van der Waals surface area contributed by atoms with Crippen LogP contribution in [-0.4, -0.2) is 55.8 Å². The lowest BCUT2D eigenvalue weighted by molar-refractivity contribution is 0.0866. The van der Waals surface area contributed by atoms with Gasteiger partial charge in [-0.15, -0.1) is 0 Å². The third kappa shape index (κ3) is 3.91. The van der Waals surface area contributed by atoms with Crippen molar-refractivity contribution >= 4 is 29.2 Å². The SMILES string of the molecule is CN1C(=O)c2c(nn(Cc3ccc(-c4cccc(F)n4)cc3)c2Nc2ccc(O)cc2)N2C1=NC1CCCC12. The fraction of sp³-hybridized carbons (Fsp3) is 0.241. The molecule has 2 aromatic heterocycles. The molecule has 4 heterocycles. The Balaban J connectivity index is 1.29. The molecule has 1 fully saturated rings. The lowest BCUT2D eigenvalue weighted by Gasteiger charge is -2.34. The van der Waals surface area contributed by atoms with Crippen LogP contribution >= 0.6 is 0 Å². The minimum atomic E-state index is -0.521. The minimum absolute atomic E-state index is 0.157. The summed E-state index contributed by atoms with van der Waals surface area (Å²) in [7, 11) is 1.76. The molecule has 0 saturated heterocycles. The number of hydrogen-bond donors (Lipinski definition) is 2. The Kier molecular flexibility index (Phi) is 5.36. The van der Waals surface area contributed by atoms with Crippen LogP contribution in [0.25, 0.3) is 11.3 Å². The molecule has 0 bridgehead atoms. The number of phenols is 1. The number of halogens is 1. The highest BCUT2D eigenvalue weighted by molar-refractivity contribution is 6.21. The van der Waals surface area contributed by atoms with Crippen molar-refractivity contribution in [3.8, 4) is 17.0 Å². The number of nitrogens with one attached hydrogen (secondary N) is 1. The minimum Gasteiger partial charge on any atom is -0.508 e. The molecule has 1 aliphatic carbocycles. The average Bonchev–Trinajstić information content (AvgIpc) is 3.63. The first kappa shape index (κ1) is 23.4. The van der Waals surface area contributed by atoms with Crippen LogP contribution in [0.4, 0.5) is 21.7 Å². The Morgan fingerprint density at radius 1 is 1.05 bits per heavy atom. The third-order valence-corrected chi connectivity index (χ3v) is 7.68. The van der Waals surface area contributed by atoms with Gasteiger partial charge in [-0.25, -0.2) is 14.7 Å². The van der Waals surface area contributed by atoms with Crippen LogP contribution in [0, 0.1) is 5.95 Å². The van der Waals surface area contributed by atoms with Crippen LogP contribution in [0.15, 0.2) is 71.7 Å². The van der Waals surface area contributed by atoms with Gasteiger partial charge in [0.15, 0.2) is 5.82 Å². The highest BCUT2D eigenvalue weighted by atomic mass is 19.1. The van der Waals surface area contributed by atoms with Gasteiger partial charge in [-0.3, -0.25) is 14.6 Å². The Labute approximate surface area is 224 Å². The van der Waals surface area contributed by atoms with E-state index in [4.69, 9.17) is 10.1 Å². The number of aliphatic imine (C=N–C) groups is 1. The van der Waals surface area contributed by atoms with Crippen LogP contribution in [0.3, 0.4) is 0 Å². The molecule has 10 heteroatoms. The van der Waals surface area contributed by atoms with E-state index in [0.29, 0.717) is 35.4 Å². The molecule has 4 aromatic rings. The lowest BCUT2D eigenvalue weighted by Crippen LogP contribution is -2.51. The average molecular weight is 524 g/mol. The number of guanidine groups is 1. The standard InChI is InChI=1S/C29H26FN7O2/c1-35-28(39)25-26(31-19-12-14-20(38)15-13-19)36(34-27(25)37-23-6-2-5-22(23)33-29(35)37)16-17-8-10-18(11-9-17)21-4-3-7-24(30)32-21/h3-4,7-15,22-23,31,38H,2,5-6,16H2,1H3. The molecule has 0 radical (unpaired) electrons. The van der Waals surface area contributed by atoms with E-state index in [-0.39, 0.29) is 23.7 Å². The maximum absolute atomic E-state index is 13.7. The van der Waals surface area contributed by atoms with Gasteiger partial charge in [0.1, 0.15) is 17.1 Å². The van der Waals surface area contributed by atoms with Crippen LogP contribution in [0.1, 0.15) is 35.2 Å². The number of rotatable bonds is 5. The van der Waals surface area contributed by atoms with Crippen molar-refractivity contribution in [3.05, 3.63) is 83.8 Å². The number of nitrogens with zero attached hydrogens (tertiary/aromatic N) is 6. The van der Waals surface area contributed by atoms with Gasteiger partial charge in [-0.05, 0) is 61.2 Å². The second-order valence-corrected chi connectivity index (χ2v) is 10.1. The molecule has 39 heavy (non-hydrogen) atoms. The maximum atomic E-state index is 13.7. The fourth-order valence-corrected chi connectivity index (χ4v) is 5.75. The van der Waals surface area contributed by atoms with Crippen molar-refractivity contribution in [3.63, 3.8) is 0 Å². The predicted octanol–water partition coefficient (Wildman–Crippen LogP) is 4.76. The van der Waals surface area contributed by atoms with Gasteiger partial charge < -0.3 is 10.4 Å². The summed E-state index contributed by atoms with van der Waals surface area (Å²) in [6.45, 7) is 0.398. The molecule has 0 spiro atoms. The summed E-state index contributed by atoms with van der Waals surface area (Å²) in [4.78, 5) is 26.3. The van der Waals surface area contributed by atoms with Gasteiger partial charge in [-0.2, -0.15) is 9.49 Å². The zero-order valence-corrected chi connectivity index (χ0v) is 21.3. The Morgan fingerprint density at radius 2 is 1.85 bits per heavy atom. The van der Waals surface area contributed by atoms with Crippen LogP contribution < -0.4 is 10.2 Å². The molecule has 2 aromatic carbocycles. The summed E-state index contributed by atoms with van der Waals surface area (Å²) in [5.41, 5.74) is 3.55. The molecule has 3 aliphatic rings. The summed E-state index contributed by atoms with van der Waals surface area (Å²) in [5, 5.41) is 18.1. The zero-order valence-electron chi connectivity index (χ0n) is 21.3. The van der Waals surface area contributed by atoms with Crippen LogP contribution in [0.2, 0.25) is 0 Å². The van der Waals surface area contributed by atoms with Gasteiger partial charge >= 0.3 is 0 Å². The highest BCUT2D eigenvalue weighted by Crippen LogP contribution is 2.43. The second kappa shape index (κ2) is 8.93. The first-order chi connectivity index (χ1) is 19.0. The van der Waals surface area contributed by atoms with Crippen molar-refractivity contribution in [2.45, 2.75) is 37.9 Å². The largest absolute Gasteiger partial charge is 0.508 e.